The van der Waals surface area contributed by atoms with Gasteiger partial charge in [0.1, 0.15) is 18.1 Å². The minimum absolute atomic E-state index is 0.142. The predicted octanol–water partition coefficient (Wildman–Crippen LogP) is 4.04. The van der Waals surface area contributed by atoms with Crippen LogP contribution in [-0.2, 0) is 32.1 Å². The second-order valence-electron chi connectivity index (χ2n) is 10.4. The smallest absolute Gasteiger partial charge is 0.244 e. The molecule has 8 nitrogen and oxygen atoms in total. The van der Waals surface area contributed by atoms with Crippen molar-refractivity contribution in [1.29, 1.82) is 0 Å². The fourth-order valence-electron chi connectivity index (χ4n) is 4.17. The summed E-state index contributed by atoms with van der Waals surface area (Å²) in [5, 5.41) is 11.3. The molecule has 4 amide bonds. The zero-order chi connectivity index (χ0) is 29.7. The van der Waals surface area contributed by atoms with Crippen molar-refractivity contribution in [2.45, 2.75) is 71.6 Å². The number of carbonyl (C=O) groups is 4. The summed E-state index contributed by atoms with van der Waals surface area (Å²) in [5.74, 6) is -1.79. The topological polar surface area (TPSA) is 116 Å². The van der Waals surface area contributed by atoms with E-state index in [9.17, 15) is 19.2 Å². The molecule has 0 saturated carbocycles. The minimum Gasteiger partial charge on any atom is -0.350 e. The number of halogens is 1. The summed E-state index contributed by atoms with van der Waals surface area (Å²) in [7, 11) is 0. The lowest BCUT2D eigenvalue weighted by Crippen LogP contribution is -2.58. The largest absolute Gasteiger partial charge is 0.350 e. The van der Waals surface area contributed by atoms with E-state index in [1.807, 2.05) is 82.3 Å². The summed E-state index contributed by atoms with van der Waals surface area (Å²) < 4.78 is 0.910. The molecule has 4 atom stereocenters. The summed E-state index contributed by atoms with van der Waals surface area (Å²) in [5.41, 5.74) is 1.78. The molecule has 0 unspecified atom stereocenters. The fourth-order valence-corrected chi connectivity index (χ4v) is 4.62. The highest BCUT2D eigenvalue weighted by Crippen LogP contribution is 2.14. The van der Waals surface area contributed by atoms with E-state index >= 15 is 0 Å². The van der Waals surface area contributed by atoms with Crippen molar-refractivity contribution < 1.29 is 19.2 Å². The van der Waals surface area contributed by atoms with E-state index in [1.165, 1.54) is 0 Å². The third-order valence-electron chi connectivity index (χ3n) is 6.59. The molecule has 0 radical (unpaired) electrons. The Kier molecular flexibility index (Phi) is 13.6. The quantitative estimate of drug-likeness (QED) is 0.227. The van der Waals surface area contributed by atoms with Crippen LogP contribution >= 0.6 is 15.9 Å². The molecule has 0 aromatic heterocycles. The highest BCUT2D eigenvalue weighted by Gasteiger charge is 2.32. The number of benzene rings is 2. The van der Waals surface area contributed by atoms with Crippen LogP contribution in [0.3, 0.4) is 0 Å². The van der Waals surface area contributed by atoms with Crippen molar-refractivity contribution in [3.05, 3.63) is 82.9 Å². The van der Waals surface area contributed by atoms with Crippen molar-refractivity contribution >= 4 is 39.6 Å². The minimum atomic E-state index is -0.910. The highest BCUT2D eigenvalue weighted by atomic mass is 79.9. The van der Waals surface area contributed by atoms with Crippen molar-refractivity contribution in [2.75, 3.05) is 0 Å². The third-order valence-corrected chi connectivity index (χ3v) is 7.08. The van der Waals surface area contributed by atoms with E-state index in [1.54, 1.807) is 0 Å². The van der Waals surface area contributed by atoms with Gasteiger partial charge in [-0.05, 0) is 47.6 Å². The standard InChI is InChI=1S/C31H41BrN4O4/c1-6-21(5)28(36-30(39)26(34-27(37)7-2)18-22-12-9-8-10-13-22)31(40)35-25(16-20(3)4)29(38)33-19-23-14-11-15-24(32)17-23/h7-15,17,20-21,25-26,28H,2,6,16,18-19H2,1,3-5H3,(H,33,38)(H,34,37)(H,35,40)(H,36,39)/t21-,25-,26-,28-/m0/s1. The van der Waals surface area contributed by atoms with E-state index in [2.05, 4.69) is 43.8 Å². The number of rotatable bonds is 15. The van der Waals surface area contributed by atoms with Crippen LogP contribution in [0.1, 0.15) is 51.7 Å². The maximum atomic E-state index is 13.5. The molecule has 0 aliphatic carbocycles. The summed E-state index contributed by atoms with van der Waals surface area (Å²) >= 11 is 3.43. The van der Waals surface area contributed by atoms with Crippen LogP contribution in [0.4, 0.5) is 0 Å². The molecule has 0 bridgehead atoms. The maximum Gasteiger partial charge on any atom is 0.244 e. The molecule has 0 spiro atoms. The first-order valence-electron chi connectivity index (χ1n) is 13.6. The van der Waals surface area contributed by atoms with E-state index in [-0.39, 0.29) is 24.2 Å². The molecule has 40 heavy (non-hydrogen) atoms. The third kappa shape index (κ3) is 11.0. The molecule has 0 aliphatic heterocycles. The van der Waals surface area contributed by atoms with Crippen molar-refractivity contribution in [1.82, 2.24) is 21.3 Å². The Balaban J connectivity index is 2.18. The zero-order valence-corrected chi connectivity index (χ0v) is 25.3. The number of nitrogens with one attached hydrogen (secondary N) is 4. The molecule has 2 rings (SSSR count). The van der Waals surface area contributed by atoms with Gasteiger partial charge in [-0.15, -0.1) is 0 Å². The number of hydrogen-bond acceptors (Lipinski definition) is 4. The number of carbonyl (C=O) groups excluding carboxylic acids is 4. The average Bonchev–Trinajstić information content (AvgIpc) is 2.93. The summed E-state index contributed by atoms with van der Waals surface area (Å²) in [6.45, 7) is 11.5. The van der Waals surface area contributed by atoms with Gasteiger partial charge in [0, 0.05) is 17.4 Å². The Hall–Kier alpha value is -3.46. The first-order valence-corrected chi connectivity index (χ1v) is 14.4. The number of amides is 4. The van der Waals surface area contributed by atoms with Crippen LogP contribution in [0.15, 0.2) is 71.7 Å². The van der Waals surface area contributed by atoms with Crippen LogP contribution in [0.2, 0.25) is 0 Å². The van der Waals surface area contributed by atoms with Crippen LogP contribution < -0.4 is 21.3 Å². The van der Waals surface area contributed by atoms with Gasteiger partial charge in [0.2, 0.25) is 23.6 Å². The number of hydrogen-bond donors (Lipinski definition) is 4. The Morgan fingerprint density at radius 1 is 0.850 bits per heavy atom. The normalized spacial score (nSPS) is 13.8. The van der Waals surface area contributed by atoms with Gasteiger partial charge >= 0.3 is 0 Å². The van der Waals surface area contributed by atoms with Gasteiger partial charge in [0.05, 0.1) is 0 Å². The van der Waals surface area contributed by atoms with Crippen molar-refractivity contribution in [2.24, 2.45) is 11.8 Å². The monoisotopic (exact) mass is 612 g/mol. The van der Waals surface area contributed by atoms with Gasteiger partial charge in [-0.2, -0.15) is 0 Å². The van der Waals surface area contributed by atoms with Gasteiger partial charge in [0.15, 0.2) is 0 Å². The zero-order valence-electron chi connectivity index (χ0n) is 23.7. The maximum absolute atomic E-state index is 13.5. The van der Waals surface area contributed by atoms with E-state index in [0.717, 1.165) is 21.7 Å². The Morgan fingerprint density at radius 3 is 2.12 bits per heavy atom. The van der Waals surface area contributed by atoms with E-state index in [4.69, 9.17) is 0 Å². The van der Waals surface area contributed by atoms with Crippen molar-refractivity contribution in [3.63, 3.8) is 0 Å². The lowest BCUT2D eigenvalue weighted by atomic mass is 9.96. The van der Waals surface area contributed by atoms with Crippen LogP contribution in [0.25, 0.3) is 0 Å². The van der Waals surface area contributed by atoms with E-state index < -0.39 is 35.8 Å². The molecule has 4 N–H and O–H groups in total. The first-order chi connectivity index (χ1) is 19.0. The molecular weight excluding hydrogens is 572 g/mol. The predicted molar refractivity (Wildman–Crippen MR) is 161 cm³/mol. The van der Waals surface area contributed by atoms with Crippen LogP contribution in [0.5, 0.6) is 0 Å². The Morgan fingerprint density at radius 2 is 1.52 bits per heavy atom. The molecule has 0 fully saturated rings. The van der Waals surface area contributed by atoms with E-state index in [0.29, 0.717) is 19.4 Å². The van der Waals surface area contributed by atoms with Gasteiger partial charge < -0.3 is 21.3 Å². The molecule has 0 saturated heterocycles. The fraction of sp³-hybridized carbons (Fsp3) is 0.419. The SMILES string of the molecule is C=CC(=O)N[C@@H](Cc1ccccc1)C(=O)N[C@H](C(=O)N[C@@H](CC(C)C)C(=O)NCc1cccc(Br)c1)[C@@H](C)CC. The summed E-state index contributed by atoms with van der Waals surface area (Å²) in [4.78, 5) is 52.2. The molecule has 9 heteroatoms. The van der Waals surface area contributed by atoms with Crippen molar-refractivity contribution in [3.8, 4) is 0 Å². The molecule has 2 aromatic carbocycles. The van der Waals surface area contributed by atoms with Crippen LogP contribution in [-0.4, -0.2) is 41.8 Å². The second-order valence-corrected chi connectivity index (χ2v) is 11.3. The Bertz CT molecular complexity index is 1160. The summed E-state index contributed by atoms with van der Waals surface area (Å²) in [6, 6.07) is 14.3. The van der Waals surface area contributed by atoms with Gasteiger partial charge in [-0.3, -0.25) is 19.2 Å². The average molecular weight is 614 g/mol. The lowest BCUT2D eigenvalue weighted by molar-refractivity contribution is -0.134. The highest BCUT2D eigenvalue weighted by molar-refractivity contribution is 9.10. The van der Waals surface area contributed by atoms with Gasteiger partial charge in [-0.1, -0.05) is 99.1 Å². The molecule has 0 aliphatic rings. The molecule has 2 aromatic rings. The van der Waals surface area contributed by atoms with Gasteiger partial charge in [0.25, 0.3) is 0 Å². The second kappa shape index (κ2) is 16.6. The molecule has 216 valence electrons. The molecular formula is C31H41BrN4O4. The lowest BCUT2D eigenvalue weighted by Gasteiger charge is -2.28. The first kappa shape index (κ1) is 32.8. The Labute approximate surface area is 245 Å². The summed E-state index contributed by atoms with van der Waals surface area (Å²) in [6.07, 6.45) is 2.40. The molecule has 0 heterocycles. The van der Waals surface area contributed by atoms with Crippen LogP contribution in [0, 0.1) is 11.8 Å². The van der Waals surface area contributed by atoms with Gasteiger partial charge in [-0.25, -0.2) is 0 Å².